The van der Waals surface area contributed by atoms with E-state index in [0.717, 1.165) is 34.1 Å². The number of amides is 4. The summed E-state index contributed by atoms with van der Waals surface area (Å²) >= 11 is 0. The Morgan fingerprint density at radius 2 is 1.79 bits per heavy atom. The van der Waals surface area contributed by atoms with Gasteiger partial charge >= 0.3 is 6.03 Å². The number of benzene rings is 3. The highest BCUT2D eigenvalue weighted by molar-refractivity contribution is 5.92. The summed E-state index contributed by atoms with van der Waals surface area (Å²) in [5.41, 5.74) is 1.98. The summed E-state index contributed by atoms with van der Waals surface area (Å²) < 4.78 is 5.29. The van der Waals surface area contributed by atoms with Gasteiger partial charge in [-0.3, -0.25) is 14.6 Å². The molecule has 0 aliphatic carbocycles. The lowest BCUT2D eigenvalue weighted by Gasteiger charge is -2.46. The van der Waals surface area contributed by atoms with E-state index in [2.05, 4.69) is 23.5 Å². The van der Waals surface area contributed by atoms with E-state index in [9.17, 15) is 14.4 Å². The van der Waals surface area contributed by atoms with E-state index in [1.165, 1.54) is 0 Å². The molecule has 2 saturated heterocycles. The second-order valence-corrected chi connectivity index (χ2v) is 9.98. The summed E-state index contributed by atoms with van der Waals surface area (Å²) in [6.07, 6.45) is 0.662. The first kappa shape index (κ1) is 26.5. The predicted molar refractivity (Wildman–Crippen MR) is 149 cm³/mol. The molecule has 1 N–H and O–H groups in total. The van der Waals surface area contributed by atoms with Gasteiger partial charge in [-0.05, 0) is 40.5 Å². The maximum atomic E-state index is 14.1. The molecule has 0 aromatic heterocycles. The fourth-order valence-electron chi connectivity index (χ4n) is 5.70. The maximum Gasteiger partial charge on any atom is 0.331 e. The molecule has 3 aromatic carbocycles. The standard InChI is InChI=1S/C30H35N5O4/c1-4-16-33(30(38)31-2)34-20-28(36)35-26(17-21-12-14-24(39-3)15-13-21)29(37)32(19-27(34)35)18-23-10-7-9-22-8-5-6-11-25(22)23/h5-15,26-27H,4,16-20H2,1-3H3,(H,31,38)/t26-,27?/m0/s1. The van der Waals surface area contributed by atoms with Crippen LogP contribution in [-0.2, 0) is 22.6 Å². The Morgan fingerprint density at radius 3 is 2.51 bits per heavy atom. The molecule has 2 fully saturated rings. The molecule has 9 nitrogen and oxygen atoms in total. The third-order valence-corrected chi connectivity index (χ3v) is 7.59. The van der Waals surface area contributed by atoms with E-state index in [-0.39, 0.29) is 24.4 Å². The second kappa shape index (κ2) is 11.3. The van der Waals surface area contributed by atoms with Gasteiger partial charge in [0, 0.05) is 26.6 Å². The maximum absolute atomic E-state index is 14.1. The van der Waals surface area contributed by atoms with Crippen LogP contribution in [0.15, 0.2) is 66.7 Å². The highest BCUT2D eigenvalue weighted by atomic mass is 16.5. The Kier molecular flexibility index (Phi) is 7.70. The lowest BCUT2D eigenvalue weighted by molar-refractivity contribution is -0.157. The Morgan fingerprint density at radius 1 is 1.05 bits per heavy atom. The van der Waals surface area contributed by atoms with Crippen LogP contribution in [0.5, 0.6) is 5.75 Å². The van der Waals surface area contributed by atoms with E-state index in [0.29, 0.717) is 26.1 Å². The first-order chi connectivity index (χ1) is 18.9. The van der Waals surface area contributed by atoms with E-state index in [1.807, 2.05) is 65.4 Å². The Balaban J connectivity index is 1.51. The van der Waals surface area contributed by atoms with Gasteiger partial charge in [0.1, 0.15) is 18.0 Å². The van der Waals surface area contributed by atoms with Crippen molar-refractivity contribution in [2.45, 2.75) is 38.5 Å². The summed E-state index contributed by atoms with van der Waals surface area (Å²) in [7, 11) is 3.20. The summed E-state index contributed by atoms with van der Waals surface area (Å²) in [4.78, 5) is 43.9. The predicted octanol–water partition coefficient (Wildman–Crippen LogP) is 3.24. The van der Waals surface area contributed by atoms with Gasteiger partial charge in [-0.1, -0.05) is 61.5 Å². The lowest BCUT2D eigenvalue weighted by Crippen LogP contribution is -2.66. The minimum atomic E-state index is -0.683. The SMILES string of the molecule is CCCN(C(=O)NC)N1CC(=O)N2C1CN(Cc1cccc3ccccc13)C(=O)[C@@H]2Cc1ccc(OC)cc1. The zero-order valence-electron chi connectivity index (χ0n) is 22.7. The monoisotopic (exact) mass is 529 g/mol. The largest absolute Gasteiger partial charge is 0.497 e. The van der Waals surface area contributed by atoms with Crippen LogP contribution < -0.4 is 10.1 Å². The van der Waals surface area contributed by atoms with E-state index in [4.69, 9.17) is 4.74 Å². The second-order valence-electron chi connectivity index (χ2n) is 9.98. The van der Waals surface area contributed by atoms with Crippen LogP contribution in [0.4, 0.5) is 4.79 Å². The number of hydrogen-bond donors (Lipinski definition) is 1. The van der Waals surface area contributed by atoms with Crippen molar-refractivity contribution < 1.29 is 19.1 Å². The topological polar surface area (TPSA) is 85.4 Å². The number of carbonyl (C=O) groups excluding carboxylic acids is 3. The van der Waals surface area contributed by atoms with Crippen molar-refractivity contribution in [2.24, 2.45) is 0 Å². The van der Waals surface area contributed by atoms with Gasteiger partial charge in [0.15, 0.2) is 0 Å². The smallest absolute Gasteiger partial charge is 0.331 e. The molecule has 0 spiro atoms. The van der Waals surface area contributed by atoms with Crippen LogP contribution in [0, 0.1) is 0 Å². The van der Waals surface area contributed by atoms with Crippen molar-refractivity contribution in [3.63, 3.8) is 0 Å². The number of piperazine rings is 1. The summed E-state index contributed by atoms with van der Waals surface area (Å²) in [5.74, 6) is 0.488. The number of nitrogens with zero attached hydrogens (tertiary/aromatic N) is 4. The number of hydrogen-bond acceptors (Lipinski definition) is 5. The highest BCUT2D eigenvalue weighted by Crippen LogP contribution is 2.31. The zero-order valence-corrected chi connectivity index (χ0v) is 22.7. The molecule has 2 atom stereocenters. The molecule has 204 valence electrons. The van der Waals surface area contributed by atoms with Crippen LogP contribution >= 0.6 is 0 Å². The minimum Gasteiger partial charge on any atom is -0.497 e. The molecule has 0 radical (unpaired) electrons. The van der Waals surface area contributed by atoms with Crippen molar-refractivity contribution in [1.82, 2.24) is 25.1 Å². The number of rotatable bonds is 8. The molecule has 0 bridgehead atoms. The van der Waals surface area contributed by atoms with Crippen LogP contribution in [0.2, 0.25) is 0 Å². The average molecular weight is 530 g/mol. The summed E-state index contributed by atoms with van der Waals surface area (Å²) in [6, 6.07) is 20.9. The van der Waals surface area contributed by atoms with Crippen molar-refractivity contribution in [2.75, 3.05) is 33.8 Å². The number of nitrogens with one attached hydrogen (secondary N) is 1. The van der Waals surface area contributed by atoms with Gasteiger partial charge in [0.25, 0.3) is 0 Å². The van der Waals surface area contributed by atoms with Gasteiger partial charge in [-0.15, -0.1) is 0 Å². The normalized spacial score (nSPS) is 19.4. The first-order valence-corrected chi connectivity index (χ1v) is 13.4. The van der Waals surface area contributed by atoms with E-state index < -0.39 is 12.2 Å². The summed E-state index contributed by atoms with van der Waals surface area (Å²) in [6.45, 7) is 3.24. The first-order valence-electron chi connectivity index (χ1n) is 13.4. The zero-order chi connectivity index (χ0) is 27.5. The number of ether oxygens (including phenoxy) is 1. The molecule has 4 amide bonds. The van der Waals surface area contributed by atoms with Crippen molar-refractivity contribution in [3.05, 3.63) is 77.9 Å². The van der Waals surface area contributed by atoms with Crippen LogP contribution in [0.1, 0.15) is 24.5 Å². The van der Waals surface area contributed by atoms with Crippen molar-refractivity contribution in [3.8, 4) is 5.75 Å². The van der Waals surface area contributed by atoms with Gasteiger partial charge in [-0.2, -0.15) is 5.01 Å². The Labute approximate surface area is 228 Å². The number of hydrazine groups is 1. The lowest BCUT2D eigenvalue weighted by atomic mass is 9.99. The number of methoxy groups -OCH3 is 1. The van der Waals surface area contributed by atoms with Crippen LogP contribution in [-0.4, -0.2) is 83.7 Å². The van der Waals surface area contributed by atoms with Crippen molar-refractivity contribution in [1.29, 1.82) is 0 Å². The summed E-state index contributed by atoms with van der Waals surface area (Å²) in [5, 5.41) is 8.35. The number of fused-ring (bicyclic) bond motifs is 2. The van der Waals surface area contributed by atoms with E-state index in [1.54, 1.807) is 24.1 Å². The van der Waals surface area contributed by atoms with Gasteiger partial charge < -0.3 is 19.9 Å². The minimum absolute atomic E-state index is 0.0482. The Hall–Kier alpha value is -4.11. The molecule has 0 saturated carbocycles. The fraction of sp³-hybridized carbons (Fsp3) is 0.367. The van der Waals surface area contributed by atoms with Crippen LogP contribution in [0.3, 0.4) is 0 Å². The average Bonchev–Trinajstić information content (AvgIpc) is 3.29. The van der Waals surface area contributed by atoms with Crippen molar-refractivity contribution >= 4 is 28.6 Å². The molecule has 39 heavy (non-hydrogen) atoms. The quantitative estimate of drug-likeness (QED) is 0.484. The van der Waals surface area contributed by atoms with Gasteiger partial charge in [0.05, 0.1) is 20.2 Å². The molecular weight excluding hydrogens is 494 g/mol. The third-order valence-electron chi connectivity index (χ3n) is 7.59. The molecular formula is C30H35N5O4. The number of carbonyl (C=O) groups is 3. The molecule has 1 unspecified atom stereocenters. The molecule has 2 heterocycles. The molecule has 2 aliphatic heterocycles. The molecule has 5 rings (SSSR count). The van der Waals surface area contributed by atoms with E-state index >= 15 is 0 Å². The van der Waals surface area contributed by atoms with Gasteiger partial charge in [-0.25, -0.2) is 4.79 Å². The van der Waals surface area contributed by atoms with Gasteiger partial charge in [0.2, 0.25) is 11.8 Å². The number of urea groups is 1. The Bertz CT molecular complexity index is 1360. The van der Waals surface area contributed by atoms with Crippen LogP contribution in [0.25, 0.3) is 10.8 Å². The highest BCUT2D eigenvalue weighted by Gasteiger charge is 2.52. The molecule has 3 aromatic rings. The molecule has 2 aliphatic rings. The fourth-order valence-corrected chi connectivity index (χ4v) is 5.70. The molecule has 9 heteroatoms. The third kappa shape index (κ3) is 5.14.